The minimum absolute atomic E-state index is 0.595. The van der Waals surface area contributed by atoms with Crippen LogP contribution < -0.4 is 10.6 Å². The molecule has 0 aliphatic carbocycles. The number of methoxy groups -OCH3 is 1. The molecule has 0 amide bonds. The standard InChI is InChI=1S/C14H28N4O/c1-11(2)10-18(8-9-19-5)14-13(6-7-15)12(3)16-17(14)4/h11H,6-10,15H2,1-5H3. The summed E-state index contributed by atoms with van der Waals surface area (Å²) in [6, 6.07) is 0. The number of aryl methyl sites for hydroxylation is 2. The first-order chi connectivity index (χ1) is 9.01. The normalized spacial score (nSPS) is 11.3. The van der Waals surface area contributed by atoms with E-state index >= 15 is 0 Å². The van der Waals surface area contributed by atoms with Crippen molar-refractivity contribution in [3.63, 3.8) is 0 Å². The van der Waals surface area contributed by atoms with Crippen LogP contribution in [0, 0.1) is 12.8 Å². The summed E-state index contributed by atoms with van der Waals surface area (Å²) in [6.45, 7) is 9.76. The molecule has 0 atom stereocenters. The van der Waals surface area contributed by atoms with Gasteiger partial charge in [-0.05, 0) is 25.8 Å². The molecule has 19 heavy (non-hydrogen) atoms. The van der Waals surface area contributed by atoms with Gasteiger partial charge in [0.1, 0.15) is 5.82 Å². The minimum atomic E-state index is 0.595. The lowest BCUT2D eigenvalue weighted by molar-refractivity contribution is 0.204. The molecule has 0 fully saturated rings. The van der Waals surface area contributed by atoms with Crippen LogP contribution in [0.1, 0.15) is 25.1 Å². The minimum Gasteiger partial charge on any atom is -0.383 e. The fraction of sp³-hybridized carbons (Fsp3) is 0.786. The number of nitrogens with two attached hydrogens (primary N) is 1. The van der Waals surface area contributed by atoms with Gasteiger partial charge in [0.25, 0.3) is 0 Å². The first-order valence-corrected chi connectivity index (χ1v) is 6.97. The molecular weight excluding hydrogens is 240 g/mol. The topological polar surface area (TPSA) is 56.3 Å². The van der Waals surface area contributed by atoms with Crippen molar-refractivity contribution in [2.24, 2.45) is 18.7 Å². The molecule has 0 spiro atoms. The van der Waals surface area contributed by atoms with Gasteiger partial charge < -0.3 is 15.4 Å². The van der Waals surface area contributed by atoms with Crippen LogP contribution in [0.25, 0.3) is 0 Å². The van der Waals surface area contributed by atoms with Gasteiger partial charge in [-0.2, -0.15) is 5.10 Å². The summed E-state index contributed by atoms with van der Waals surface area (Å²) < 4.78 is 7.20. The third-order valence-electron chi connectivity index (χ3n) is 3.16. The maximum Gasteiger partial charge on any atom is 0.130 e. The Labute approximate surface area is 116 Å². The summed E-state index contributed by atoms with van der Waals surface area (Å²) in [4.78, 5) is 2.36. The largest absolute Gasteiger partial charge is 0.383 e. The Morgan fingerprint density at radius 3 is 2.63 bits per heavy atom. The van der Waals surface area contributed by atoms with E-state index in [1.807, 2.05) is 11.7 Å². The van der Waals surface area contributed by atoms with Crippen LogP contribution in [0.2, 0.25) is 0 Å². The Bertz CT molecular complexity index is 387. The number of anilines is 1. The van der Waals surface area contributed by atoms with Crippen LogP contribution >= 0.6 is 0 Å². The fourth-order valence-electron chi connectivity index (χ4n) is 2.45. The average Bonchev–Trinajstić information content (AvgIpc) is 2.60. The molecule has 0 radical (unpaired) electrons. The summed E-state index contributed by atoms with van der Waals surface area (Å²) in [5.41, 5.74) is 8.07. The van der Waals surface area contributed by atoms with E-state index in [2.05, 4.69) is 30.8 Å². The molecule has 5 nitrogen and oxygen atoms in total. The summed E-state index contributed by atoms with van der Waals surface area (Å²) in [5, 5.41) is 4.54. The highest BCUT2D eigenvalue weighted by molar-refractivity contribution is 5.50. The van der Waals surface area contributed by atoms with Gasteiger partial charge in [-0.25, -0.2) is 0 Å². The van der Waals surface area contributed by atoms with E-state index in [0.717, 1.165) is 31.8 Å². The Morgan fingerprint density at radius 1 is 1.42 bits per heavy atom. The highest BCUT2D eigenvalue weighted by Gasteiger charge is 2.19. The van der Waals surface area contributed by atoms with Gasteiger partial charge in [-0.3, -0.25) is 4.68 Å². The Kier molecular flexibility index (Phi) is 6.31. The number of hydrogen-bond acceptors (Lipinski definition) is 4. The second kappa shape index (κ2) is 7.50. The van der Waals surface area contributed by atoms with Gasteiger partial charge in [-0.15, -0.1) is 0 Å². The molecule has 0 aromatic carbocycles. The third kappa shape index (κ3) is 4.21. The Hall–Kier alpha value is -1.07. The van der Waals surface area contributed by atoms with E-state index in [9.17, 15) is 0 Å². The number of ether oxygens (including phenoxy) is 1. The van der Waals surface area contributed by atoms with E-state index in [1.165, 1.54) is 11.4 Å². The molecule has 0 bridgehead atoms. The first kappa shape index (κ1) is 16.0. The molecule has 1 heterocycles. The quantitative estimate of drug-likeness (QED) is 0.773. The van der Waals surface area contributed by atoms with Crippen LogP contribution in [0.4, 0.5) is 5.82 Å². The molecule has 1 rings (SSSR count). The second-order valence-electron chi connectivity index (χ2n) is 5.38. The fourth-order valence-corrected chi connectivity index (χ4v) is 2.45. The molecule has 5 heteroatoms. The van der Waals surface area contributed by atoms with Gasteiger partial charge in [0.2, 0.25) is 0 Å². The van der Waals surface area contributed by atoms with Crippen molar-refractivity contribution in [1.82, 2.24) is 9.78 Å². The Morgan fingerprint density at radius 2 is 2.11 bits per heavy atom. The monoisotopic (exact) mass is 268 g/mol. The second-order valence-corrected chi connectivity index (χ2v) is 5.38. The predicted octanol–water partition coefficient (Wildman–Crippen LogP) is 1.34. The number of nitrogens with zero attached hydrogens (tertiary/aromatic N) is 3. The van der Waals surface area contributed by atoms with E-state index in [1.54, 1.807) is 7.11 Å². The molecule has 0 saturated heterocycles. The number of aromatic nitrogens is 2. The van der Waals surface area contributed by atoms with E-state index in [4.69, 9.17) is 10.5 Å². The maximum atomic E-state index is 5.73. The van der Waals surface area contributed by atoms with Crippen molar-refractivity contribution in [2.45, 2.75) is 27.2 Å². The molecular formula is C14H28N4O. The highest BCUT2D eigenvalue weighted by Crippen LogP contribution is 2.24. The zero-order chi connectivity index (χ0) is 14.4. The lowest BCUT2D eigenvalue weighted by Crippen LogP contribution is -2.33. The molecule has 0 saturated carbocycles. The lowest BCUT2D eigenvalue weighted by atomic mass is 10.1. The molecule has 1 aromatic heterocycles. The van der Waals surface area contributed by atoms with Crippen molar-refractivity contribution >= 4 is 5.82 Å². The summed E-state index contributed by atoms with van der Waals surface area (Å²) in [6.07, 6.45) is 0.872. The van der Waals surface area contributed by atoms with Crippen molar-refractivity contribution in [3.8, 4) is 0 Å². The molecule has 0 unspecified atom stereocenters. The van der Waals surface area contributed by atoms with Gasteiger partial charge in [0, 0.05) is 32.8 Å². The smallest absolute Gasteiger partial charge is 0.130 e. The first-order valence-electron chi connectivity index (χ1n) is 6.97. The van der Waals surface area contributed by atoms with Gasteiger partial charge >= 0.3 is 0 Å². The van der Waals surface area contributed by atoms with Crippen LogP contribution in [0.5, 0.6) is 0 Å². The molecule has 2 N–H and O–H groups in total. The predicted molar refractivity (Wildman–Crippen MR) is 79.6 cm³/mol. The van der Waals surface area contributed by atoms with Crippen LogP contribution in [0.3, 0.4) is 0 Å². The molecule has 1 aromatic rings. The molecule has 110 valence electrons. The van der Waals surface area contributed by atoms with Crippen molar-refractivity contribution < 1.29 is 4.74 Å². The van der Waals surface area contributed by atoms with Gasteiger partial charge in [0.15, 0.2) is 0 Å². The molecule has 0 aliphatic rings. The SMILES string of the molecule is COCCN(CC(C)C)c1c(CCN)c(C)nn1C. The summed E-state index contributed by atoms with van der Waals surface area (Å²) >= 11 is 0. The van der Waals surface area contributed by atoms with Crippen molar-refractivity contribution in [3.05, 3.63) is 11.3 Å². The van der Waals surface area contributed by atoms with Crippen LogP contribution in [-0.4, -0.2) is 43.1 Å². The average molecular weight is 268 g/mol. The summed E-state index contributed by atoms with van der Waals surface area (Å²) in [5.74, 6) is 1.78. The van der Waals surface area contributed by atoms with Crippen LogP contribution in [0.15, 0.2) is 0 Å². The molecule has 0 aliphatic heterocycles. The van der Waals surface area contributed by atoms with Gasteiger partial charge in [0.05, 0.1) is 12.3 Å². The van der Waals surface area contributed by atoms with Gasteiger partial charge in [-0.1, -0.05) is 13.8 Å². The lowest BCUT2D eigenvalue weighted by Gasteiger charge is -2.27. The zero-order valence-electron chi connectivity index (χ0n) is 12.9. The van der Waals surface area contributed by atoms with E-state index in [0.29, 0.717) is 12.5 Å². The number of hydrogen-bond donors (Lipinski definition) is 1. The van der Waals surface area contributed by atoms with Crippen molar-refractivity contribution in [2.75, 3.05) is 38.3 Å². The number of rotatable bonds is 8. The zero-order valence-corrected chi connectivity index (χ0v) is 12.9. The third-order valence-corrected chi connectivity index (χ3v) is 3.16. The van der Waals surface area contributed by atoms with Crippen molar-refractivity contribution in [1.29, 1.82) is 0 Å². The highest BCUT2D eigenvalue weighted by atomic mass is 16.5. The van der Waals surface area contributed by atoms with Crippen LogP contribution in [-0.2, 0) is 18.2 Å². The Balaban J connectivity index is 3.05. The van der Waals surface area contributed by atoms with E-state index < -0.39 is 0 Å². The summed E-state index contributed by atoms with van der Waals surface area (Å²) in [7, 11) is 3.74. The van der Waals surface area contributed by atoms with E-state index in [-0.39, 0.29) is 0 Å². The maximum absolute atomic E-state index is 5.73.